The molecule has 3 aromatic heterocycles. The van der Waals surface area contributed by atoms with Gasteiger partial charge < -0.3 is 4.74 Å². The molecule has 4 aromatic rings. The molecular weight excluding hydrogens is 504 g/mol. The molecule has 0 aliphatic rings. The van der Waals surface area contributed by atoms with E-state index in [1.54, 1.807) is 49.4 Å². The van der Waals surface area contributed by atoms with Gasteiger partial charge in [0.15, 0.2) is 0 Å². The van der Waals surface area contributed by atoms with Crippen LogP contribution in [-0.4, -0.2) is 46.6 Å². The predicted molar refractivity (Wildman–Crippen MR) is 132 cm³/mol. The fourth-order valence-corrected chi connectivity index (χ4v) is 5.83. The number of amides is 1. The lowest BCUT2D eigenvalue weighted by molar-refractivity contribution is -0.130. The maximum Gasteiger partial charge on any atom is 0.250 e. The molecule has 0 bridgehead atoms. The van der Waals surface area contributed by atoms with E-state index in [9.17, 15) is 13.2 Å². The van der Waals surface area contributed by atoms with Gasteiger partial charge in [-0.1, -0.05) is 23.4 Å². The Morgan fingerprint density at radius 3 is 2.69 bits per heavy atom. The summed E-state index contributed by atoms with van der Waals surface area (Å²) in [6.45, 7) is -0.0795. The Morgan fingerprint density at radius 1 is 1.19 bits per heavy atom. The third-order valence-electron chi connectivity index (χ3n) is 5.34. The summed E-state index contributed by atoms with van der Waals surface area (Å²) >= 11 is 1.14. The number of carbonyl (C=O) groups excluding carboxylic acids is 1. The third-order valence-corrected chi connectivity index (χ3v) is 8.37. The van der Waals surface area contributed by atoms with E-state index in [1.165, 1.54) is 4.68 Å². The van der Waals surface area contributed by atoms with E-state index < -0.39 is 22.0 Å². The van der Waals surface area contributed by atoms with Crippen molar-refractivity contribution in [2.75, 3.05) is 7.11 Å². The number of thiophene rings is 1. The first-order valence-corrected chi connectivity index (χ1v) is 13.1. The molecule has 0 saturated carbocycles. The van der Waals surface area contributed by atoms with Gasteiger partial charge in [0.1, 0.15) is 9.96 Å². The minimum Gasteiger partial charge on any atom is -0.497 e. The Labute approximate surface area is 211 Å². The summed E-state index contributed by atoms with van der Waals surface area (Å²) in [5.74, 6) is 0.130. The third kappa shape index (κ3) is 6.31. The fraction of sp³-hybridized carbons (Fsp3) is 0.217. The summed E-state index contributed by atoms with van der Waals surface area (Å²) in [5.41, 5.74) is 3.78. The SMILES string of the molecule is COc1ccc(C[C@@H](CC(=O)NO)n2cc(CNS(=O)(=O)c3ccc(-c4cccnc4)s3)nn2)cc1. The number of sulfonamides is 1. The summed E-state index contributed by atoms with van der Waals surface area (Å²) in [6.07, 6.45) is 5.28. The van der Waals surface area contributed by atoms with E-state index in [0.29, 0.717) is 17.9 Å². The Hall–Kier alpha value is -3.65. The number of nitrogens with one attached hydrogen (secondary N) is 2. The second kappa shape index (κ2) is 11.4. The Balaban J connectivity index is 1.44. The van der Waals surface area contributed by atoms with Crippen molar-refractivity contribution in [2.45, 2.75) is 29.6 Å². The molecule has 4 rings (SSSR count). The summed E-state index contributed by atoms with van der Waals surface area (Å²) in [6, 6.07) is 13.8. The second-order valence-corrected chi connectivity index (χ2v) is 10.9. The zero-order valence-corrected chi connectivity index (χ0v) is 20.9. The highest BCUT2D eigenvalue weighted by atomic mass is 32.2. The number of rotatable bonds is 11. The number of methoxy groups -OCH3 is 1. The van der Waals surface area contributed by atoms with Gasteiger partial charge in [0.2, 0.25) is 15.9 Å². The van der Waals surface area contributed by atoms with Crippen molar-refractivity contribution in [1.29, 1.82) is 0 Å². The lowest BCUT2D eigenvalue weighted by Gasteiger charge is -2.16. The van der Waals surface area contributed by atoms with Crippen molar-refractivity contribution in [3.05, 3.63) is 78.4 Å². The van der Waals surface area contributed by atoms with Gasteiger partial charge in [0, 0.05) is 22.8 Å². The van der Waals surface area contributed by atoms with Crippen molar-refractivity contribution in [1.82, 2.24) is 30.2 Å². The predicted octanol–water partition coefficient (Wildman–Crippen LogP) is 2.57. The summed E-state index contributed by atoms with van der Waals surface area (Å²) in [4.78, 5) is 16.7. The van der Waals surface area contributed by atoms with Crippen molar-refractivity contribution >= 4 is 27.3 Å². The van der Waals surface area contributed by atoms with Gasteiger partial charge in [-0.15, -0.1) is 16.4 Å². The molecular formula is C23H24N6O5S2. The highest BCUT2D eigenvalue weighted by molar-refractivity contribution is 7.91. The van der Waals surface area contributed by atoms with Crippen molar-refractivity contribution < 1.29 is 23.2 Å². The first-order chi connectivity index (χ1) is 17.4. The first kappa shape index (κ1) is 25.4. The Bertz CT molecular complexity index is 1400. The zero-order valence-electron chi connectivity index (χ0n) is 19.2. The minimum atomic E-state index is -3.77. The average molecular weight is 529 g/mol. The number of nitrogens with zero attached hydrogens (tertiary/aromatic N) is 4. The molecule has 0 spiro atoms. The van der Waals surface area contributed by atoms with Crippen LogP contribution in [0.2, 0.25) is 0 Å². The first-order valence-electron chi connectivity index (χ1n) is 10.8. The topological polar surface area (TPSA) is 148 Å². The van der Waals surface area contributed by atoms with E-state index in [1.807, 2.05) is 30.3 Å². The van der Waals surface area contributed by atoms with Crippen molar-refractivity contribution in [3.63, 3.8) is 0 Å². The molecule has 1 atom stereocenters. The van der Waals surface area contributed by atoms with Crippen LogP contribution >= 0.6 is 11.3 Å². The quantitative estimate of drug-likeness (QED) is 0.199. The maximum absolute atomic E-state index is 12.8. The summed E-state index contributed by atoms with van der Waals surface area (Å²) in [5, 5.41) is 17.1. The van der Waals surface area contributed by atoms with E-state index in [2.05, 4.69) is 20.0 Å². The highest BCUT2D eigenvalue weighted by Gasteiger charge is 2.21. The monoisotopic (exact) mass is 528 g/mol. The molecule has 0 aliphatic heterocycles. The van der Waals surface area contributed by atoms with Crippen LogP contribution in [0.25, 0.3) is 10.4 Å². The van der Waals surface area contributed by atoms with Gasteiger partial charge in [-0.3, -0.25) is 15.0 Å². The minimum absolute atomic E-state index is 0.0522. The summed E-state index contributed by atoms with van der Waals surface area (Å²) < 4.78 is 35.0. The normalized spacial score (nSPS) is 12.3. The fourth-order valence-electron chi connectivity index (χ4n) is 3.49. The number of hydrogen-bond donors (Lipinski definition) is 3. The van der Waals surface area contributed by atoms with Crippen LogP contribution in [0.15, 0.2) is 71.3 Å². The highest BCUT2D eigenvalue weighted by Crippen LogP contribution is 2.30. The number of hydroxylamine groups is 1. The largest absolute Gasteiger partial charge is 0.497 e. The molecule has 3 heterocycles. The van der Waals surface area contributed by atoms with Crippen LogP contribution in [0, 0.1) is 0 Å². The van der Waals surface area contributed by atoms with Crippen LogP contribution < -0.4 is 14.9 Å². The van der Waals surface area contributed by atoms with Gasteiger partial charge >= 0.3 is 0 Å². The average Bonchev–Trinajstić information content (AvgIpc) is 3.59. The molecule has 0 unspecified atom stereocenters. The number of hydrogen-bond acceptors (Lipinski definition) is 9. The lowest BCUT2D eigenvalue weighted by atomic mass is 10.0. The molecule has 1 aromatic carbocycles. The van der Waals surface area contributed by atoms with Gasteiger partial charge in [0.05, 0.1) is 38.0 Å². The number of ether oxygens (including phenoxy) is 1. The molecule has 1 amide bonds. The van der Waals surface area contributed by atoms with Gasteiger partial charge in [-0.25, -0.2) is 23.3 Å². The molecule has 0 radical (unpaired) electrons. The molecule has 188 valence electrons. The number of pyridine rings is 1. The smallest absolute Gasteiger partial charge is 0.250 e. The van der Waals surface area contributed by atoms with E-state index in [-0.39, 0.29) is 17.2 Å². The number of carbonyl (C=O) groups is 1. The van der Waals surface area contributed by atoms with Crippen molar-refractivity contribution in [3.8, 4) is 16.2 Å². The van der Waals surface area contributed by atoms with Crippen LogP contribution in [0.5, 0.6) is 5.75 Å². The zero-order chi connectivity index (χ0) is 25.5. The van der Waals surface area contributed by atoms with E-state index in [0.717, 1.165) is 27.3 Å². The van der Waals surface area contributed by atoms with Crippen molar-refractivity contribution in [2.24, 2.45) is 0 Å². The Kier molecular flexibility index (Phi) is 8.05. The maximum atomic E-state index is 12.8. The number of aromatic nitrogens is 4. The van der Waals surface area contributed by atoms with E-state index >= 15 is 0 Å². The standard InChI is InChI=1S/C23H24N6O5S2/c1-34-20-6-4-16(5-7-20)11-19(12-22(30)27-31)29-15-18(26-28-29)14-25-36(32,33)23-9-8-21(35-23)17-3-2-10-24-13-17/h2-10,13,15,19,25,31H,11-12,14H2,1H3,(H,27,30)/t19-/m0/s1. The molecule has 0 saturated heterocycles. The Morgan fingerprint density at radius 2 is 2.00 bits per heavy atom. The molecule has 36 heavy (non-hydrogen) atoms. The second-order valence-electron chi connectivity index (χ2n) is 7.82. The van der Waals surface area contributed by atoms with Crippen LogP contribution in [0.1, 0.15) is 23.7 Å². The van der Waals surface area contributed by atoms with Crippen LogP contribution in [0.3, 0.4) is 0 Å². The summed E-state index contributed by atoms with van der Waals surface area (Å²) in [7, 11) is -2.20. The lowest BCUT2D eigenvalue weighted by Crippen LogP contribution is -2.25. The molecule has 0 aliphatic carbocycles. The van der Waals surface area contributed by atoms with Gasteiger partial charge in [-0.2, -0.15) is 0 Å². The van der Waals surface area contributed by atoms with Crippen LogP contribution in [0.4, 0.5) is 0 Å². The molecule has 3 N–H and O–H groups in total. The molecule has 13 heteroatoms. The van der Waals surface area contributed by atoms with Crippen LogP contribution in [-0.2, 0) is 27.8 Å². The molecule has 11 nitrogen and oxygen atoms in total. The number of benzene rings is 1. The van der Waals surface area contributed by atoms with Gasteiger partial charge in [-0.05, 0) is 42.3 Å². The van der Waals surface area contributed by atoms with Gasteiger partial charge in [0.25, 0.3) is 0 Å². The van der Waals surface area contributed by atoms with E-state index in [4.69, 9.17) is 9.94 Å². The molecule has 0 fully saturated rings.